The first-order valence-corrected chi connectivity index (χ1v) is 24.8. The number of carbonyl (C=O) groups excluding carboxylic acids is 2. The molecule has 3 N–H and O–H groups in total. The molecule has 2 aromatic carbocycles. The highest BCUT2D eigenvalue weighted by molar-refractivity contribution is 9.11. The number of fused-ring (bicyclic) bond motifs is 6. The topological polar surface area (TPSA) is 151 Å². The molecule has 0 saturated heterocycles. The molecule has 0 atom stereocenters. The Morgan fingerprint density at radius 2 is 1.27 bits per heavy atom. The van der Waals surface area contributed by atoms with E-state index in [1.807, 2.05) is 13.1 Å². The number of hydrogen-bond donors (Lipinski definition) is 3. The van der Waals surface area contributed by atoms with Crippen molar-refractivity contribution >= 4 is 123 Å². The van der Waals surface area contributed by atoms with Crippen molar-refractivity contribution in [2.75, 3.05) is 33.2 Å². The van der Waals surface area contributed by atoms with E-state index >= 15 is 0 Å². The fraction of sp³-hybridized carbons (Fsp3) is 0.282. The van der Waals surface area contributed by atoms with Crippen LogP contribution in [0.1, 0.15) is 56.1 Å². The molecule has 60 heavy (non-hydrogen) atoms. The summed E-state index contributed by atoms with van der Waals surface area (Å²) in [5.74, 6) is -0.621. The third-order valence-corrected chi connectivity index (χ3v) is 17.5. The van der Waals surface area contributed by atoms with Crippen LogP contribution in [0.25, 0.3) is 32.5 Å². The van der Waals surface area contributed by atoms with Gasteiger partial charge in [-0.25, -0.2) is 9.36 Å². The maximum atomic E-state index is 13.7. The first-order valence-electron chi connectivity index (χ1n) is 18.6. The second-order valence-electron chi connectivity index (χ2n) is 14.3. The predicted molar refractivity (Wildman–Crippen MR) is 245 cm³/mol. The van der Waals surface area contributed by atoms with Crippen molar-refractivity contribution in [3.8, 4) is 32.5 Å². The third-order valence-electron chi connectivity index (χ3n) is 10.3. The van der Waals surface area contributed by atoms with Gasteiger partial charge in [0.25, 0.3) is 11.8 Å². The smallest absolute Gasteiger partial charge is 0.305 e. The summed E-state index contributed by atoms with van der Waals surface area (Å²) in [6.07, 6.45) is 3.63. The van der Waals surface area contributed by atoms with Crippen LogP contribution in [0.4, 0.5) is 0 Å². The summed E-state index contributed by atoms with van der Waals surface area (Å²) >= 11 is 35.1. The zero-order chi connectivity index (χ0) is 42.6. The van der Waals surface area contributed by atoms with E-state index < -0.39 is 10.1 Å². The van der Waals surface area contributed by atoms with Gasteiger partial charge in [-0.1, -0.05) is 46.4 Å². The first kappa shape index (κ1) is 43.8. The second kappa shape index (κ2) is 17.8. The number of halogens is 6. The summed E-state index contributed by atoms with van der Waals surface area (Å²) in [6.45, 7) is 2.21. The summed E-state index contributed by atoms with van der Waals surface area (Å²) in [5, 5.41) is 19.3. The van der Waals surface area contributed by atoms with Gasteiger partial charge in [0, 0.05) is 44.1 Å². The van der Waals surface area contributed by atoms with Gasteiger partial charge in [-0.15, -0.1) is 22.7 Å². The Bertz CT molecular complexity index is 2820. The molecule has 2 aliphatic rings. The number of amides is 2. The maximum absolute atomic E-state index is 13.7. The third kappa shape index (κ3) is 8.49. The Balaban J connectivity index is 0.888. The average Bonchev–Trinajstić information content (AvgIpc) is 3.97. The van der Waals surface area contributed by atoms with Gasteiger partial charge in [0.15, 0.2) is 15.6 Å². The first-order chi connectivity index (χ1) is 28.6. The number of carbonyl (C=O) groups is 2. The maximum Gasteiger partial charge on any atom is 0.305 e. The number of benzene rings is 2. The van der Waals surface area contributed by atoms with E-state index in [1.54, 1.807) is 51.0 Å². The van der Waals surface area contributed by atoms with Crippen LogP contribution in [0.5, 0.6) is 0 Å². The predicted octanol–water partition coefficient (Wildman–Crippen LogP) is 9.97. The molecule has 4 aromatic heterocycles. The second-order valence-corrected chi connectivity index (χ2v) is 21.1. The van der Waals surface area contributed by atoms with Gasteiger partial charge < -0.3 is 15.5 Å². The van der Waals surface area contributed by atoms with E-state index in [9.17, 15) is 22.6 Å². The molecule has 0 fully saturated rings. The molecule has 2 aliphatic carbocycles. The Morgan fingerprint density at radius 3 is 1.77 bits per heavy atom. The largest absolute Gasteiger partial charge is 0.351 e. The molecule has 0 saturated carbocycles. The Hall–Kier alpha value is -2.81. The van der Waals surface area contributed by atoms with Crippen molar-refractivity contribution in [2.24, 2.45) is 0 Å². The van der Waals surface area contributed by atoms with E-state index in [-0.39, 0.29) is 21.7 Å². The quantitative estimate of drug-likeness (QED) is 0.0764. The van der Waals surface area contributed by atoms with E-state index in [1.165, 1.54) is 5.56 Å². The fourth-order valence-electron chi connectivity index (χ4n) is 7.54. The van der Waals surface area contributed by atoms with Crippen LogP contribution in [-0.2, 0) is 35.8 Å². The molecular formula is C39H33Br2Cl4N7O5S3. The molecule has 8 rings (SSSR count). The molecule has 6 aromatic rings. The van der Waals surface area contributed by atoms with Crippen LogP contribution in [0, 0.1) is 0 Å². The lowest BCUT2D eigenvalue weighted by molar-refractivity contribution is 0.0939. The van der Waals surface area contributed by atoms with Crippen molar-refractivity contribution in [1.29, 1.82) is 0 Å². The van der Waals surface area contributed by atoms with Crippen LogP contribution in [0.15, 0.2) is 54.9 Å². The van der Waals surface area contributed by atoms with Crippen LogP contribution in [0.2, 0.25) is 20.1 Å². The number of nitrogens with zero attached hydrogens (tertiary/aromatic N) is 5. The molecule has 12 nitrogen and oxygen atoms in total. The van der Waals surface area contributed by atoms with Gasteiger partial charge in [-0.3, -0.25) is 14.1 Å². The van der Waals surface area contributed by atoms with E-state index in [0.29, 0.717) is 122 Å². The van der Waals surface area contributed by atoms with Crippen LogP contribution < -0.4 is 10.6 Å². The molecule has 0 radical (unpaired) electrons. The minimum Gasteiger partial charge on any atom is -0.351 e. The summed E-state index contributed by atoms with van der Waals surface area (Å²) in [6, 6.07) is 10.1. The number of nitrogens with one attached hydrogen (secondary N) is 2. The highest BCUT2D eigenvalue weighted by Gasteiger charge is 2.35. The Morgan fingerprint density at radius 1 is 0.783 bits per heavy atom. The van der Waals surface area contributed by atoms with Gasteiger partial charge in [-0.05, 0) is 138 Å². The van der Waals surface area contributed by atoms with Gasteiger partial charge in [0.05, 0.1) is 47.0 Å². The molecule has 2 amide bonds. The lowest BCUT2D eigenvalue weighted by Gasteiger charge is -2.17. The molecule has 314 valence electrons. The van der Waals surface area contributed by atoms with Crippen molar-refractivity contribution in [3.05, 3.63) is 104 Å². The summed E-state index contributed by atoms with van der Waals surface area (Å²) in [7, 11) is -2.53. The van der Waals surface area contributed by atoms with Crippen molar-refractivity contribution in [1.82, 2.24) is 35.1 Å². The van der Waals surface area contributed by atoms with E-state index in [4.69, 9.17) is 56.6 Å². The molecule has 4 heterocycles. The standard InChI is InChI=1S/C39H33Br2Cl4N7O5S3/c1-50(14-2-12-46-37(53)31-23-8-6-21-25(40)18-58-35(21)33(23)51(48-31)28-10-4-19(42)16-26(28)44)15-3-13-47-38(54)32-24-9-7-22-30(41)39(60(55,56)57)59-36(22)34(24)52(49-32)29-11-5-20(43)17-27(29)45/h4-5,10-11,16-18H,2-3,6-9,12-15H2,1H3,(H,46,53)(H,47,54)(H,55,56,57). The highest BCUT2D eigenvalue weighted by atomic mass is 79.9. The fourth-order valence-corrected chi connectivity index (χ4v) is 13.8. The molecular weight excluding hydrogens is 1040 g/mol. The van der Waals surface area contributed by atoms with Crippen LogP contribution >= 0.6 is 101 Å². The summed E-state index contributed by atoms with van der Waals surface area (Å²) in [5.41, 5.74) is 6.50. The van der Waals surface area contributed by atoms with E-state index in [2.05, 4.69) is 52.8 Å². The van der Waals surface area contributed by atoms with Crippen molar-refractivity contribution in [3.63, 3.8) is 0 Å². The molecule has 0 aliphatic heterocycles. The minimum atomic E-state index is -4.51. The van der Waals surface area contributed by atoms with Gasteiger partial charge in [0.2, 0.25) is 0 Å². The number of hydrogen-bond acceptors (Lipinski definition) is 9. The van der Waals surface area contributed by atoms with Crippen LogP contribution in [0.3, 0.4) is 0 Å². The number of aromatic nitrogens is 4. The lowest BCUT2D eigenvalue weighted by atomic mass is 9.94. The zero-order valence-corrected chi connectivity index (χ0v) is 40.1. The molecule has 0 bridgehead atoms. The van der Waals surface area contributed by atoms with Crippen molar-refractivity contribution in [2.45, 2.75) is 42.7 Å². The average molecular weight is 1080 g/mol. The SMILES string of the molecule is CN(CCCNC(=O)c1nn(-c2ccc(Cl)cc2Cl)c2c1CCc1c(Br)csc1-2)CCCNC(=O)c1nn(-c2ccc(Cl)cc2Cl)c2c1CCc1c-2sc(S(=O)(=O)O)c1Br. The minimum absolute atomic E-state index is 0.203. The number of rotatable bonds is 13. The molecule has 0 unspecified atom stereocenters. The Kier molecular flexibility index (Phi) is 13.0. The zero-order valence-electron chi connectivity index (χ0n) is 31.4. The monoisotopic (exact) mass is 1070 g/mol. The normalized spacial score (nSPS) is 13.2. The van der Waals surface area contributed by atoms with Crippen molar-refractivity contribution < 1.29 is 22.6 Å². The highest BCUT2D eigenvalue weighted by Crippen LogP contribution is 2.49. The van der Waals surface area contributed by atoms with Crippen LogP contribution in [-0.4, -0.2) is 82.5 Å². The lowest BCUT2D eigenvalue weighted by Crippen LogP contribution is -2.31. The Labute approximate surface area is 390 Å². The molecule has 0 spiro atoms. The summed E-state index contributed by atoms with van der Waals surface area (Å²) < 4.78 is 38.7. The van der Waals surface area contributed by atoms with Gasteiger partial charge >= 0.3 is 10.1 Å². The number of thiophene rings is 2. The van der Waals surface area contributed by atoms with Gasteiger partial charge in [0.1, 0.15) is 0 Å². The van der Waals surface area contributed by atoms with E-state index in [0.717, 1.165) is 38.4 Å². The van der Waals surface area contributed by atoms with Gasteiger partial charge in [-0.2, -0.15) is 18.6 Å². The summed E-state index contributed by atoms with van der Waals surface area (Å²) in [4.78, 5) is 31.1. The molecule has 21 heteroatoms.